The highest BCUT2D eigenvalue weighted by molar-refractivity contribution is 4.89. The van der Waals surface area contributed by atoms with Crippen LogP contribution in [0.25, 0.3) is 0 Å². The number of rotatable bonds is 7. The molecule has 2 rings (SSSR count). The quantitative estimate of drug-likeness (QED) is 0.733. The molecule has 0 spiro atoms. The van der Waals surface area contributed by atoms with Crippen molar-refractivity contribution in [3.05, 3.63) is 0 Å². The summed E-state index contributed by atoms with van der Waals surface area (Å²) in [6.07, 6.45) is 4.20. The number of hydrogen-bond acceptors (Lipinski definition) is 3. The van der Waals surface area contributed by atoms with Gasteiger partial charge in [0.15, 0.2) is 0 Å². The maximum atomic E-state index is 5.26. The number of methoxy groups -OCH3 is 1. The molecule has 0 amide bonds. The predicted molar refractivity (Wildman–Crippen MR) is 71.2 cm³/mol. The standard InChI is InChI=1S/C14H28N2O/c1-11-14(6-7-15-11)10-16(8-9-17-3)12(2)13-4-5-13/h11-15H,4-10H2,1-3H3. The first-order valence-electron chi connectivity index (χ1n) is 7.18. The van der Waals surface area contributed by atoms with E-state index in [0.29, 0.717) is 6.04 Å². The van der Waals surface area contributed by atoms with E-state index >= 15 is 0 Å². The first kappa shape index (κ1) is 13.3. The van der Waals surface area contributed by atoms with Crippen molar-refractivity contribution in [3.63, 3.8) is 0 Å². The van der Waals surface area contributed by atoms with Crippen LogP contribution >= 0.6 is 0 Å². The van der Waals surface area contributed by atoms with E-state index in [2.05, 4.69) is 24.1 Å². The van der Waals surface area contributed by atoms with Crippen LogP contribution in [0.15, 0.2) is 0 Å². The SMILES string of the molecule is COCCN(CC1CCNC1C)C(C)C1CC1. The molecule has 1 N–H and O–H groups in total. The number of nitrogens with one attached hydrogen (secondary N) is 1. The summed E-state index contributed by atoms with van der Waals surface area (Å²) in [5.41, 5.74) is 0. The summed E-state index contributed by atoms with van der Waals surface area (Å²) in [5.74, 6) is 1.78. The Morgan fingerprint density at radius 3 is 2.65 bits per heavy atom. The van der Waals surface area contributed by atoms with Crippen molar-refractivity contribution < 1.29 is 4.74 Å². The molecule has 2 aliphatic rings. The second-order valence-electron chi connectivity index (χ2n) is 5.86. The molecule has 1 aliphatic heterocycles. The summed E-state index contributed by atoms with van der Waals surface area (Å²) in [6, 6.07) is 1.43. The van der Waals surface area contributed by atoms with Crippen LogP contribution in [-0.4, -0.2) is 50.3 Å². The fourth-order valence-electron chi connectivity index (χ4n) is 3.01. The topological polar surface area (TPSA) is 24.5 Å². The van der Waals surface area contributed by atoms with Crippen LogP contribution in [0.5, 0.6) is 0 Å². The van der Waals surface area contributed by atoms with Gasteiger partial charge in [0.1, 0.15) is 0 Å². The van der Waals surface area contributed by atoms with Crippen molar-refractivity contribution in [3.8, 4) is 0 Å². The van der Waals surface area contributed by atoms with Gasteiger partial charge in [0, 0.05) is 32.3 Å². The van der Waals surface area contributed by atoms with E-state index in [1.54, 1.807) is 7.11 Å². The van der Waals surface area contributed by atoms with E-state index in [4.69, 9.17) is 4.74 Å². The minimum atomic E-state index is 0.687. The fraction of sp³-hybridized carbons (Fsp3) is 1.00. The Kier molecular flexibility index (Phi) is 4.83. The first-order chi connectivity index (χ1) is 8.22. The molecule has 0 aromatic carbocycles. The molecule has 3 unspecified atom stereocenters. The van der Waals surface area contributed by atoms with E-state index in [0.717, 1.165) is 31.0 Å². The van der Waals surface area contributed by atoms with Crippen LogP contribution in [0.4, 0.5) is 0 Å². The third-order valence-electron chi connectivity index (χ3n) is 4.62. The van der Waals surface area contributed by atoms with Crippen LogP contribution in [0.2, 0.25) is 0 Å². The molecule has 1 aliphatic carbocycles. The smallest absolute Gasteiger partial charge is 0.0589 e. The monoisotopic (exact) mass is 240 g/mol. The maximum absolute atomic E-state index is 5.26. The lowest BCUT2D eigenvalue weighted by atomic mass is 10.00. The van der Waals surface area contributed by atoms with Gasteiger partial charge in [0.2, 0.25) is 0 Å². The molecule has 17 heavy (non-hydrogen) atoms. The van der Waals surface area contributed by atoms with Gasteiger partial charge in [0.25, 0.3) is 0 Å². The lowest BCUT2D eigenvalue weighted by Gasteiger charge is -2.32. The Labute approximate surface area is 106 Å². The van der Waals surface area contributed by atoms with E-state index in [1.807, 2.05) is 0 Å². The van der Waals surface area contributed by atoms with Gasteiger partial charge in [-0.1, -0.05) is 0 Å². The molecule has 1 saturated carbocycles. The van der Waals surface area contributed by atoms with Gasteiger partial charge in [-0.2, -0.15) is 0 Å². The molecule has 2 fully saturated rings. The van der Waals surface area contributed by atoms with E-state index in [1.165, 1.54) is 32.4 Å². The lowest BCUT2D eigenvalue weighted by Crippen LogP contribution is -2.42. The third-order valence-corrected chi connectivity index (χ3v) is 4.62. The molecule has 0 bridgehead atoms. The maximum Gasteiger partial charge on any atom is 0.0589 e. The van der Waals surface area contributed by atoms with Gasteiger partial charge in [-0.15, -0.1) is 0 Å². The molecule has 0 aromatic heterocycles. The molecule has 1 saturated heterocycles. The Hall–Kier alpha value is -0.120. The van der Waals surface area contributed by atoms with Crippen LogP contribution in [0.1, 0.15) is 33.1 Å². The van der Waals surface area contributed by atoms with Crippen molar-refractivity contribution in [2.75, 3.05) is 33.4 Å². The molecular formula is C14H28N2O. The molecular weight excluding hydrogens is 212 g/mol. The van der Waals surface area contributed by atoms with Crippen molar-refractivity contribution in [1.29, 1.82) is 0 Å². The van der Waals surface area contributed by atoms with Gasteiger partial charge in [-0.3, -0.25) is 4.90 Å². The van der Waals surface area contributed by atoms with Crippen LogP contribution in [-0.2, 0) is 4.74 Å². The zero-order valence-corrected chi connectivity index (χ0v) is 11.6. The Morgan fingerprint density at radius 1 is 1.35 bits per heavy atom. The molecule has 3 nitrogen and oxygen atoms in total. The summed E-state index contributed by atoms with van der Waals surface area (Å²) in [4.78, 5) is 2.66. The van der Waals surface area contributed by atoms with Crippen molar-refractivity contribution >= 4 is 0 Å². The second-order valence-corrected chi connectivity index (χ2v) is 5.86. The summed E-state index contributed by atoms with van der Waals surface area (Å²) in [6.45, 7) is 9.13. The van der Waals surface area contributed by atoms with Crippen LogP contribution in [0, 0.1) is 11.8 Å². The highest BCUT2D eigenvalue weighted by Gasteiger charge is 2.34. The predicted octanol–water partition coefficient (Wildman–Crippen LogP) is 1.73. The zero-order chi connectivity index (χ0) is 12.3. The number of nitrogens with zero attached hydrogens (tertiary/aromatic N) is 1. The molecule has 3 atom stereocenters. The lowest BCUT2D eigenvalue weighted by molar-refractivity contribution is 0.101. The fourth-order valence-corrected chi connectivity index (χ4v) is 3.01. The molecule has 1 heterocycles. The third kappa shape index (κ3) is 3.67. The Bertz CT molecular complexity index is 230. The molecule has 0 radical (unpaired) electrons. The first-order valence-corrected chi connectivity index (χ1v) is 7.18. The largest absolute Gasteiger partial charge is 0.383 e. The van der Waals surface area contributed by atoms with Crippen LogP contribution in [0.3, 0.4) is 0 Å². The Morgan fingerprint density at radius 2 is 2.12 bits per heavy atom. The van der Waals surface area contributed by atoms with Gasteiger partial charge >= 0.3 is 0 Å². The average molecular weight is 240 g/mol. The molecule has 3 heteroatoms. The molecule has 0 aromatic rings. The average Bonchev–Trinajstić information content (AvgIpc) is 3.09. The summed E-state index contributed by atoms with van der Waals surface area (Å²) in [7, 11) is 1.81. The van der Waals surface area contributed by atoms with Crippen molar-refractivity contribution in [1.82, 2.24) is 10.2 Å². The molecule has 100 valence electrons. The van der Waals surface area contributed by atoms with Gasteiger partial charge in [-0.05, 0) is 51.5 Å². The van der Waals surface area contributed by atoms with E-state index in [-0.39, 0.29) is 0 Å². The Balaban J connectivity index is 1.84. The summed E-state index contributed by atoms with van der Waals surface area (Å²) >= 11 is 0. The van der Waals surface area contributed by atoms with Gasteiger partial charge in [0.05, 0.1) is 6.61 Å². The van der Waals surface area contributed by atoms with Crippen LogP contribution < -0.4 is 5.32 Å². The number of ether oxygens (including phenoxy) is 1. The van der Waals surface area contributed by atoms with Gasteiger partial charge in [-0.25, -0.2) is 0 Å². The summed E-state index contributed by atoms with van der Waals surface area (Å²) in [5, 5.41) is 3.56. The van der Waals surface area contributed by atoms with Gasteiger partial charge < -0.3 is 10.1 Å². The summed E-state index contributed by atoms with van der Waals surface area (Å²) < 4.78 is 5.26. The normalized spacial score (nSPS) is 31.1. The minimum absolute atomic E-state index is 0.687. The zero-order valence-electron chi connectivity index (χ0n) is 11.6. The van der Waals surface area contributed by atoms with Crippen molar-refractivity contribution in [2.24, 2.45) is 11.8 Å². The second kappa shape index (κ2) is 6.17. The highest BCUT2D eigenvalue weighted by Crippen LogP contribution is 2.35. The van der Waals surface area contributed by atoms with E-state index < -0.39 is 0 Å². The highest BCUT2D eigenvalue weighted by atomic mass is 16.5. The van der Waals surface area contributed by atoms with Crippen molar-refractivity contribution in [2.45, 2.75) is 45.2 Å². The number of hydrogen-bond donors (Lipinski definition) is 1. The minimum Gasteiger partial charge on any atom is -0.383 e. The van der Waals surface area contributed by atoms with E-state index in [9.17, 15) is 0 Å².